The Bertz CT molecular complexity index is 2540. The highest BCUT2D eigenvalue weighted by molar-refractivity contribution is 9.18. The Morgan fingerprint density at radius 2 is 1.10 bits per heavy atom. The van der Waals surface area contributed by atoms with Crippen LogP contribution < -0.4 is 0 Å². The molecule has 24 heteroatoms. The van der Waals surface area contributed by atoms with E-state index in [0.29, 0.717) is 63.3 Å². The number of aryl methyl sites for hydroxylation is 4. The molecule has 0 unspecified atom stereocenters. The summed E-state index contributed by atoms with van der Waals surface area (Å²) < 4.78 is 118. The summed E-state index contributed by atoms with van der Waals surface area (Å²) in [6.07, 6.45) is -2.91. The highest BCUT2D eigenvalue weighted by Gasteiger charge is 2.29. The normalized spacial score (nSPS) is 11.7. The molecule has 0 fully saturated rings. The number of thioether (sulfide) groups is 1. The summed E-state index contributed by atoms with van der Waals surface area (Å²) in [5, 5.41) is 7.35. The number of hydrogen-bond donors (Lipinski definition) is 0. The number of oxazole rings is 2. The Labute approximate surface area is 362 Å². The van der Waals surface area contributed by atoms with Crippen molar-refractivity contribution in [2.75, 3.05) is 19.5 Å². The molecule has 6 aromatic rings. The summed E-state index contributed by atoms with van der Waals surface area (Å²) >= 11 is 2.79. The van der Waals surface area contributed by atoms with Gasteiger partial charge in [-0.25, -0.2) is 9.97 Å². The molecule has 0 aliphatic rings. The standard InChI is InChI=1S/C19H18F3N3O2S.C18H15BrF3N3O2.2O2S/c1-4-12-8-13(18(28-3)25-26-10-19(20,21)22)9-23-16(12)17-24-14-7-11(2)5-6-15(14)27-17;1-3-11-7-12(16(19)25-26-9-18(20,21)22)8-23-15(11)17-24-13-6-10(2)4-5-14(13)27-17;2*1-3-2/h5-9H,4,10H2,1-3H3;4-8H,3,9H2,1-2H3;;/b25-18-;25-16-;;. The van der Waals surface area contributed by atoms with Gasteiger partial charge in [0.1, 0.15) is 27.5 Å². The molecular formula is C37H33BrF6N6O8S3. The van der Waals surface area contributed by atoms with Gasteiger partial charge in [-0.2, -0.15) is 43.2 Å². The number of pyridine rings is 2. The lowest BCUT2D eigenvalue weighted by molar-refractivity contribution is -0.174. The van der Waals surface area contributed by atoms with Gasteiger partial charge in [0.15, 0.2) is 15.8 Å². The van der Waals surface area contributed by atoms with Crippen LogP contribution in [0, 0.1) is 13.8 Å². The van der Waals surface area contributed by atoms with Crippen LogP contribution in [0.25, 0.3) is 45.4 Å². The van der Waals surface area contributed by atoms with E-state index in [9.17, 15) is 26.3 Å². The average molecular weight is 980 g/mol. The molecular weight excluding hydrogens is 947 g/mol. The first-order valence-corrected chi connectivity index (χ1v) is 20.6. The number of benzene rings is 2. The van der Waals surface area contributed by atoms with E-state index in [1.165, 1.54) is 24.2 Å². The van der Waals surface area contributed by atoms with Crippen molar-refractivity contribution in [2.24, 2.45) is 10.3 Å². The molecule has 0 saturated heterocycles. The lowest BCUT2D eigenvalue weighted by atomic mass is 10.1. The SMILES string of the molecule is CCc1cc(/C(=N/OCC(F)(F)F)SC)cnc1-c1nc2cc(C)ccc2o1.CCc1cc(/C(Br)=N/OCC(F)(F)F)cnc1-c1nc2cc(C)ccc2o1.O=S=O.O=S=O. The smallest absolute Gasteiger partial charge is 0.425 e. The average Bonchev–Trinajstić information content (AvgIpc) is 3.83. The van der Waals surface area contributed by atoms with Gasteiger partial charge in [0, 0.05) is 23.5 Å². The fourth-order valence-corrected chi connectivity index (χ4v) is 5.83. The second kappa shape index (κ2) is 23.6. The molecule has 2 aromatic carbocycles. The van der Waals surface area contributed by atoms with Gasteiger partial charge in [0.05, 0.1) is 0 Å². The number of rotatable bonds is 10. The molecule has 0 radical (unpaired) electrons. The largest absolute Gasteiger partial charge is 0.435 e. The summed E-state index contributed by atoms with van der Waals surface area (Å²) in [5.41, 5.74) is 8.85. The minimum atomic E-state index is -4.45. The van der Waals surface area contributed by atoms with E-state index in [0.717, 1.165) is 33.3 Å². The summed E-state index contributed by atoms with van der Waals surface area (Å²) in [6, 6.07) is 15.0. The predicted molar refractivity (Wildman–Crippen MR) is 220 cm³/mol. The lowest BCUT2D eigenvalue weighted by Gasteiger charge is -2.09. The van der Waals surface area contributed by atoms with Crippen LogP contribution in [-0.4, -0.2) is 78.3 Å². The predicted octanol–water partition coefficient (Wildman–Crippen LogP) is 9.42. The van der Waals surface area contributed by atoms with E-state index >= 15 is 0 Å². The van der Waals surface area contributed by atoms with Crippen molar-refractivity contribution in [2.45, 2.75) is 52.9 Å². The Kier molecular flexibility index (Phi) is 19.4. The van der Waals surface area contributed by atoms with Crippen LogP contribution in [0.5, 0.6) is 0 Å². The molecule has 0 spiro atoms. The molecule has 0 aliphatic carbocycles. The molecule has 0 N–H and O–H groups in total. The first-order valence-electron chi connectivity index (χ1n) is 17.2. The fraction of sp³-hybridized carbons (Fsp3) is 0.297. The second-order valence-electron chi connectivity index (χ2n) is 12.0. The minimum Gasteiger partial charge on any atom is -0.435 e. The molecule has 61 heavy (non-hydrogen) atoms. The van der Waals surface area contributed by atoms with Crippen molar-refractivity contribution >= 4 is 82.7 Å². The van der Waals surface area contributed by atoms with Crippen LogP contribution in [0.3, 0.4) is 0 Å². The Morgan fingerprint density at radius 3 is 1.51 bits per heavy atom. The van der Waals surface area contributed by atoms with Gasteiger partial charge >= 0.3 is 35.5 Å². The van der Waals surface area contributed by atoms with E-state index in [2.05, 4.69) is 55.9 Å². The lowest BCUT2D eigenvalue weighted by Crippen LogP contribution is -2.15. The van der Waals surface area contributed by atoms with Gasteiger partial charge in [-0.15, -0.1) is 11.8 Å². The van der Waals surface area contributed by atoms with Gasteiger partial charge in [-0.3, -0.25) is 9.97 Å². The maximum Gasteiger partial charge on any atom is 0.425 e. The number of halogens is 7. The van der Waals surface area contributed by atoms with E-state index in [1.54, 1.807) is 12.3 Å². The van der Waals surface area contributed by atoms with Crippen molar-refractivity contribution < 1.29 is 61.7 Å². The summed E-state index contributed by atoms with van der Waals surface area (Å²) in [6.45, 7) is 4.93. The van der Waals surface area contributed by atoms with Gasteiger partial charge in [-0.1, -0.05) is 36.3 Å². The zero-order chi connectivity index (χ0) is 45.3. The quantitative estimate of drug-likeness (QED) is 0.0547. The van der Waals surface area contributed by atoms with Crippen molar-refractivity contribution in [3.8, 4) is 23.2 Å². The molecule has 14 nitrogen and oxygen atoms in total. The summed E-state index contributed by atoms with van der Waals surface area (Å²) in [4.78, 5) is 26.5. The van der Waals surface area contributed by atoms with E-state index < -0.39 is 48.7 Å². The fourth-order valence-electron chi connectivity index (χ4n) is 5.04. The van der Waals surface area contributed by atoms with Crippen LogP contribution in [-0.2, 0) is 45.7 Å². The third-order valence-electron chi connectivity index (χ3n) is 7.61. The maximum atomic E-state index is 12.3. The Balaban J connectivity index is 0.000000288. The highest BCUT2D eigenvalue weighted by Crippen LogP contribution is 2.29. The third kappa shape index (κ3) is 15.6. The highest BCUT2D eigenvalue weighted by atomic mass is 79.9. The van der Waals surface area contributed by atoms with Crippen LogP contribution >= 0.6 is 27.7 Å². The molecule has 6 rings (SSSR count). The first-order chi connectivity index (χ1) is 28.9. The molecule has 326 valence electrons. The molecule has 4 heterocycles. The van der Waals surface area contributed by atoms with Crippen LogP contribution in [0.1, 0.15) is 47.2 Å². The van der Waals surface area contributed by atoms with Crippen LogP contribution in [0.15, 0.2) is 80.1 Å². The Morgan fingerprint density at radius 1 is 0.689 bits per heavy atom. The van der Waals surface area contributed by atoms with Crippen LogP contribution in [0.2, 0.25) is 0 Å². The molecule has 0 saturated carbocycles. The van der Waals surface area contributed by atoms with Crippen molar-refractivity contribution in [1.82, 2.24) is 19.9 Å². The summed E-state index contributed by atoms with van der Waals surface area (Å²) in [5.74, 6) is 0.792. The number of fused-ring (bicyclic) bond motifs is 2. The van der Waals surface area contributed by atoms with Gasteiger partial charge in [-0.05, 0) is 108 Å². The van der Waals surface area contributed by atoms with Crippen molar-refractivity contribution in [3.63, 3.8) is 0 Å². The van der Waals surface area contributed by atoms with Gasteiger partial charge in [0.25, 0.3) is 0 Å². The monoisotopic (exact) mass is 978 g/mol. The second-order valence-corrected chi connectivity index (χ2v) is 13.9. The summed E-state index contributed by atoms with van der Waals surface area (Å²) in [7, 11) is 0. The number of hydrogen-bond acceptors (Lipinski definition) is 15. The zero-order valence-corrected chi connectivity index (χ0v) is 36.5. The van der Waals surface area contributed by atoms with Crippen molar-refractivity contribution in [3.05, 3.63) is 94.3 Å². The van der Waals surface area contributed by atoms with E-state index in [-0.39, 0.29) is 4.62 Å². The number of aromatic nitrogens is 4. The van der Waals surface area contributed by atoms with E-state index in [1.807, 2.05) is 70.2 Å². The first kappa shape index (κ1) is 50.0. The number of oxime groups is 2. The topological polar surface area (TPSA) is 189 Å². The van der Waals surface area contributed by atoms with E-state index in [4.69, 9.17) is 25.7 Å². The Hall–Kier alpha value is -5.33. The van der Waals surface area contributed by atoms with Crippen LogP contribution in [0.4, 0.5) is 26.3 Å². The number of nitrogens with zero attached hydrogens (tertiary/aromatic N) is 6. The molecule has 0 amide bonds. The number of alkyl halides is 6. The molecule has 0 atom stereocenters. The third-order valence-corrected chi connectivity index (χ3v) is 8.91. The molecule has 4 aromatic heterocycles. The molecule has 0 aliphatic heterocycles. The molecule has 0 bridgehead atoms. The van der Waals surface area contributed by atoms with Crippen molar-refractivity contribution in [1.29, 1.82) is 0 Å². The zero-order valence-electron chi connectivity index (χ0n) is 32.4. The van der Waals surface area contributed by atoms with Gasteiger partial charge in [0.2, 0.25) is 25.0 Å². The maximum absolute atomic E-state index is 12.3. The minimum absolute atomic E-state index is 0.119. The van der Waals surface area contributed by atoms with Gasteiger partial charge < -0.3 is 18.5 Å².